The molecule has 2 aliphatic heterocycles. The molecule has 166 valence electrons. The number of hydrogen-bond donors (Lipinski definition) is 1. The number of benzene rings is 1. The lowest BCUT2D eigenvalue weighted by molar-refractivity contribution is -0.129. The Hall–Kier alpha value is -2.67. The van der Waals surface area contributed by atoms with E-state index in [1.165, 1.54) is 16.7 Å². The monoisotopic (exact) mass is 423 g/mol. The minimum atomic E-state index is -0.0261. The second-order valence-corrected chi connectivity index (χ2v) is 8.69. The molecular formula is C24H33N5O2. The first-order valence-corrected chi connectivity index (χ1v) is 11.2. The summed E-state index contributed by atoms with van der Waals surface area (Å²) in [5.41, 5.74) is 4.68. The average Bonchev–Trinajstić information content (AvgIpc) is 3.24. The van der Waals surface area contributed by atoms with Crippen molar-refractivity contribution >= 4 is 11.7 Å². The van der Waals surface area contributed by atoms with Gasteiger partial charge in [-0.3, -0.25) is 4.79 Å². The smallest absolute Gasteiger partial charge is 0.220 e. The van der Waals surface area contributed by atoms with Crippen molar-refractivity contribution in [3.8, 4) is 5.75 Å². The highest BCUT2D eigenvalue weighted by molar-refractivity contribution is 5.74. The van der Waals surface area contributed by atoms with Gasteiger partial charge in [-0.1, -0.05) is 12.1 Å². The summed E-state index contributed by atoms with van der Waals surface area (Å²) >= 11 is 0. The highest BCUT2D eigenvalue weighted by Gasteiger charge is 2.32. The zero-order chi connectivity index (χ0) is 22.0. The van der Waals surface area contributed by atoms with Crippen molar-refractivity contribution in [2.45, 2.75) is 52.6 Å². The zero-order valence-electron chi connectivity index (χ0n) is 19.1. The van der Waals surface area contributed by atoms with Crippen LogP contribution in [0.25, 0.3) is 0 Å². The predicted octanol–water partition coefficient (Wildman–Crippen LogP) is 3.26. The van der Waals surface area contributed by atoms with Crippen molar-refractivity contribution in [3.05, 3.63) is 46.4 Å². The predicted molar refractivity (Wildman–Crippen MR) is 121 cm³/mol. The molecule has 0 radical (unpaired) electrons. The van der Waals surface area contributed by atoms with E-state index in [1.54, 1.807) is 6.92 Å². The molecule has 1 aromatic heterocycles. The largest absolute Gasteiger partial charge is 0.491 e. The Balaban J connectivity index is 1.51. The topological polar surface area (TPSA) is 70.6 Å². The van der Waals surface area contributed by atoms with E-state index in [4.69, 9.17) is 14.7 Å². The normalized spacial score (nSPS) is 18.7. The maximum Gasteiger partial charge on any atom is 0.220 e. The average molecular weight is 424 g/mol. The Morgan fingerprint density at radius 2 is 2.10 bits per heavy atom. The molecule has 1 fully saturated rings. The lowest BCUT2D eigenvalue weighted by Crippen LogP contribution is -2.32. The van der Waals surface area contributed by atoms with Gasteiger partial charge < -0.3 is 19.9 Å². The molecule has 3 heterocycles. The molecule has 7 heteroatoms. The van der Waals surface area contributed by atoms with E-state index >= 15 is 0 Å². The number of hydrogen-bond acceptors (Lipinski definition) is 6. The summed E-state index contributed by atoms with van der Waals surface area (Å²) in [6.07, 6.45) is 2.84. The first kappa shape index (κ1) is 21.6. The number of likely N-dealkylation sites (N-methyl/N-ethyl adjacent to an activating group) is 1. The lowest BCUT2D eigenvalue weighted by Gasteiger charge is -2.28. The van der Waals surface area contributed by atoms with Crippen molar-refractivity contribution in [3.63, 3.8) is 0 Å². The van der Waals surface area contributed by atoms with Gasteiger partial charge in [0.15, 0.2) is 5.82 Å². The number of carbonyl (C=O) groups is 1. The highest BCUT2D eigenvalue weighted by atomic mass is 16.5. The number of amides is 1. The van der Waals surface area contributed by atoms with Crippen LogP contribution in [-0.2, 0) is 17.8 Å². The summed E-state index contributed by atoms with van der Waals surface area (Å²) in [5, 5.41) is 3.50. The van der Waals surface area contributed by atoms with Crippen LogP contribution >= 0.6 is 0 Å². The number of carbonyl (C=O) groups excluding carboxylic acids is 1. The Morgan fingerprint density at radius 1 is 1.26 bits per heavy atom. The number of nitrogens with one attached hydrogen (secondary N) is 1. The van der Waals surface area contributed by atoms with Crippen LogP contribution in [0.15, 0.2) is 18.2 Å². The SMILES string of the molecule is CC(=O)N1CCC[C@H]1c1nc2c(c(NCCOc3cccc(C)c3C)n1)CCN(C)C2. The van der Waals surface area contributed by atoms with E-state index in [1.807, 2.05) is 17.0 Å². The van der Waals surface area contributed by atoms with E-state index in [2.05, 4.69) is 37.2 Å². The van der Waals surface area contributed by atoms with Crippen LogP contribution in [0.2, 0.25) is 0 Å². The van der Waals surface area contributed by atoms with Gasteiger partial charge in [0.05, 0.1) is 18.3 Å². The Labute approximate surface area is 184 Å². The number of ether oxygens (including phenoxy) is 1. The fourth-order valence-corrected chi connectivity index (χ4v) is 4.50. The van der Waals surface area contributed by atoms with E-state index in [0.29, 0.717) is 13.2 Å². The van der Waals surface area contributed by atoms with E-state index < -0.39 is 0 Å². The second kappa shape index (κ2) is 9.22. The maximum absolute atomic E-state index is 12.1. The highest BCUT2D eigenvalue weighted by Crippen LogP contribution is 2.33. The molecule has 2 aliphatic rings. The molecule has 0 aliphatic carbocycles. The van der Waals surface area contributed by atoms with Crippen LogP contribution in [-0.4, -0.2) is 59.0 Å². The third kappa shape index (κ3) is 4.66. The molecular weight excluding hydrogens is 390 g/mol. The van der Waals surface area contributed by atoms with Gasteiger partial charge >= 0.3 is 0 Å². The van der Waals surface area contributed by atoms with Gasteiger partial charge in [-0.25, -0.2) is 9.97 Å². The number of nitrogens with zero attached hydrogens (tertiary/aromatic N) is 4. The fourth-order valence-electron chi connectivity index (χ4n) is 4.50. The van der Waals surface area contributed by atoms with Gasteiger partial charge in [-0.2, -0.15) is 0 Å². The molecule has 1 amide bonds. The Bertz CT molecular complexity index is 961. The number of likely N-dealkylation sites (tertiary alicyclic amines) is 1. The van der Waals surface area contributed by atoms with Gasteiger partial charge in [0.1, 0.15) is 18.2 Å². The van der Waals surface area contributed by atoms with Crippen LogP contribution in [0.5, 0.6) is 5.75 Å². The van der Waals surface area contributed by atoms with Crippen LogP contribution in [0.3, 0.4) is 0 Å². The zero-order valence-corrected chi connectivity index (χ0v) is 19.1. The van der Waals surface area contributed by atoms with Crippen molar-refractivity contribution in [2.24, 2.45) is 0 Å². The van der Waals surface area contributed by atoms with Gasteiger partial charge in [0.25, 0.3) is 0 Å². The molecule has 31 heavy (non-hydrogen) atoms. The van der Waals surface area contributed by atoms with Crippen LogP contribution in [0.1, 0.15) is 54.0 Å². The minimum absolute atomic E-state index is 0.0261. The van der Waals surface area contributed by atoms with Gasteiger partial charge in [-0.15, -0.1) is 0 Å². The summed E-state index contributed by atoms with van der Waals surface area (Å²) in [7, 11) is 2.12. The molecule has 4 rings (SSSR count). The van der Waals surface area contributed by atoms with Crippen molar-refractivity contribution < 1.29 is 9.53 Å². The third-order valence-corrected chi connectivity index (χ3v) is 6.44. The minimum Gasteiger partial charge on any atom is -0.491 e. The molecule has 0 bridgehead atoms. The van der Waals surface area contributed by atoms with Gasteiger partial charge in [0, 0.05) is 32.1 Å². The Morgan fingerprint density at radius 3 is 2.90 bits per heavy atom. The standard InChI is InChI=1S/C24H33N5O2/c1-16-7-5-9-22(17(16)2)31-14-11-25-23-19-10-13-28(4)15-20(19)26-24(27-23)21-8-6-12-29(21)18(3)30/h5,7,9,21H,6,8,10-15H2,1-4H3,(H,25,26,27)/t21-/m0/s1. The maximum atomic E-state index is 12.1. The lowest BCUT2D eigenvalue weighted by atomic mass is 10.0. The summed E-state index contributed by atoms with van der Waals surface area (Å²) in [4.78, 5) is 26.1. The van der Waals surface area contributed by atoms with E-state index in [0.717, 1.165) is 62.0 Å². The van der Waals surface area contributed by atoms with Crippen LogP contribution in [0.4, 0.5) is 5.82 Å². The molecule has 0 spiro atoms. The molecule has 1 saturated heterocycles. The van der Waals surface area contributed by atoms with Crippen molar-refractivity contribution in [1.82, 2.24) is 19.8 Å². The second-order valence-electron chi connectivity index (χ2n) is 8.69. The summed E-state index contributed by atoms with van der Waals surface area (Å²) in [6, 6.07) is 6.11. The Kier molecular flexibility index (Phi) is 6.41. The van der Waals surface area contributed by atoms with Crippen LogP contribution < -0.4 is 10.1 Å². The van der Waals surface area contributed by atoms with Gasteiger partial charge in [-0.05, 0) is 57.4 Å². The van der Waals surface area contributed by atoms with Crippen LogP contribution in [0, 0.1) is 13.8 Å². The van der Waals surface area contributed by atoms with E-state index in [-0.39, 0.29) is 11.9 Å². The first-order valence-electron chi connectivity index (χ1n) is 11.2. The first-order chi connectivity index (χ1) is 14.9. The van der Waals surface area contributed by atoms with Crippen molar-refractivity contribution in [1.29, 1.82) is 0 Å². The molecule has 2 aromatic rings. The number of aromatic nitrogens is 2. The molecule has 1 N–H and O–H groups in total. The van der Waals surface area contributed by atoms with Crippen molar-refractivity contribution in [2.75, 3.05) is 38.6 Å². The number of fused-ring (bicyclic) bond motifs is 1. The number of aryl methyl sites for hydroxylation is 1. The quantitative estimate of drug-likeness (QED) is 0.719. The molecule has 1 aromatic carbocycles. The number of rotatable bonds is 6. The van der Waals surface area contributed by atoms with Gasteiger partial charge in [0.2, 0.25) is 5.91 Å². The summed E-state index contributed by atoms with van der Waals surface area (Å²) in [6.45, 7) is 9.62. The summed E-state index contributed by atoms with van der Waals surface area (Å²) in [5.74, 6) is 2.68. The molecule has 0 saturated carbocycles. The molecule has 1 atom stereocenters. The number of anilines is 1. The van der Waals surface area contributed by atoms with E-state index in [9.17, 15) is 4.79 Å². The molecule has 0 unspecified atom stereocenters. The summed E-state index contributed by atoms with van der Waals surface area (Å²) < 4.78 is 6.01. The fraction of sp³-hybridized carbons (Fsp3) is 0.542. The molecule has 7 nitrogen and oxygen atoms in total. The third-order valence-electron chi connectivity index (χ3n) is 6.44.